The second kappa shape index (κ2) is 6.76. The molecule has 3 rings (SSSR count). The molecule has 6 nitrogen and oxygen atoms in total. The molecule has 0 unspecified atom stereocenters. The highest BCUT2D eigenvalue weighted by Crippen LogP contribution is 2.20. The third kappa shape index (κ3) is 3.85. The Kier molecular flexibility index (Phi) is 4.52. The maximum absolute atomic E-state index is 12.5. The number of imidazole rings is 1. The zero-order valence-electron chi connectivity index (χ0n) is 14.4. The van der Waals surface area contributed by atoms with Gasteiger partial charge in [0.05, 0.1) is 11.0 Å². The van der Waals surface area contributed by atoms with Crippen LogP contribution in [0.3, 0.4) is 0 Å². The minimum absolute atomic E-state index is 0.158. The van der Waals surface area contributed by atoms with E-state index < -0.39 is 0 Å². The molecule has 2 amide bonds. The van der Waals surface area contributed by atoms with Crippen LogP contribution < -0.4 is 10.6 Å². The normalized spacial score (nSPS) is 10.9. The van der Waals surface area contributed by atoms with Crippen LogP contribution in [0, 0.1) is 0 Å². The van der Waals surface area contributed by atoms with E-state index in [4.69, 9.17) is 0 Å². The highest BCUT2D eigenvalue weighted by Gasteiger charge is 2.11. The van der Waals surface area contributed by atoms with Gasteiger partial charge in [-0.3, -0.25) is 9.59 Å². The van der Waals surface area contributed by atoms with Crippen LogP contribution in [-0.4, -0.2) is 21.8 Å². The number of nitrogens with zero attached hydrogens (tertiary/aromatic N) is 1. The zero-order chi connectivity index (χ0) is 18.0. The summed E-state index contributed by atoms with van der Waals surface area (Å²) in [5.74, 6) is 0.813. The van der Waals surface area contributed by atoms with Gasteiger partial charge in [0.2, 0.25) is 5.91 Å². The van der Waals surface area contributed by atoms with Crippen LogP contribution in [0.1, 0.15) is 42.9 Å². The molecule has 1 aromatic heterocycles. The SMILES string of the molecule is CC(=O)Nc1cccc(NC(=O)c2ccc3nc(C(C)C)[nH]c3c2)c1. The largest absolute Gasteiger partial charge is 0.342 e. The summed E-state index contributed by atoms with van der Waals surface area (Å²) in [5, 5.41) is 5.53. The van der Waals surface area contributed by atoms with Crippen LogP contribution in [0.4, 0.5) is 11.4 Å². The van der Waals surface area contributed by atoms with Crippen molar-refractivity contribution in [3.05, 3.63) is 53.9 Å². The minimum Gasteiger partial charge on any atom is -0.342 e. The Balaban J connectivity index is 1.81. The van der Waals surface area contributed by atoms with E-state index in [1.807, 2.05) is 6.07 Å². The summed E-state index contributed by atoms with van der Waals surface area (Å²) in [6, 6.07) is 12.4. The number of aromatic nitrogens is 2. The number of amides is 2. The fourth-order valence-electron chi connectivity index (χ4n) is 2.53. The quantitative estimate of drug-likeness (QED) is 0.675. The van der Waals surface area contributed by atoms with Gasteiger partial charge in [-0.15, -0.1) is 0 Å². The van der Waals surface area contributed by atoms with E-state index in [-0.39, 0.29) is 11.8 Å². The summed E-state index contributed by atoms with van der Waals surface area (Å²) in [7, 11) is 0. The number of fused-ring (bicyclic) bond motifs is 1. The van der Waals surface area contributed by atoms with Crippen molar-refractivity contribution >= 4 is 34.2 Å². The number of hydrogen-bond acceptors (Lipinski definition) is 3. The predicted octanol–water partition coefficient (Wildman–Crippen LogP) is 3.90. The van der Waals surface area contributed by atoms with Gasteiger partial charge in [-0.05, 0) is 36.4 Å². The smallest absolute Gasteiger partial charge is 0.255 e. The molecule has 3 aromatic rings. The molecule has 128 valence electrons. The number of hydrogen-bond donors (Lipinski definition) is 3. The first-order chi connectivity index (χ1) is 11.9. The maximum atomic E-state index is 12.5. The van der Waals surface area contributed by atoms with Crippen LogP contribution in [0.15, 0.2) is 42.5 Å². The Morgan fingerprint density at radius 3 is 2.44 bits per heavy atom. The van der Waals surface area contributed by atoms with Crippen molar-refractivity contribution in [2.75, 3.05) is 10.6 Å². The molecule has 25 heavy (non-hydrogen) atoms. The van der Waals surface area contributed by atoms with E-state index in [0.717, 1.165) is 16.9 Å². The Bertz CT molecular complexity index is 944. The number of aromatic amines is 1. The topological polar surface area (TPSA) is 86.9 Å². The average Bonchev–Trinajstić information content (AvgIpc) is 2.98. The molecule has 0 fully saturated rings. The minimum atomic E-state index is -0.220. The Hall–Kier alpha value is -3.15. The second-order valence-corrected chi connectivity index (χ2v) is 6.22. The predicted molar refractivity (Wildman–Crippen MR) is 98.9 cm³/mol. The molecule has 0 aliphatic heterocycles. The number of H-pyrrole nitrogens is 1. The molecule has 0 bridgehead atoms. The van der Waals surface area contributed by atoms with Crippen LogP contribution >= 0.6 is 0 Å². The number of benzene rings is 2. The van der Waals surface area contributed by atoms with Crippen molar-refractivity contribution in [2.45, 2.75) is 26.7 Å². The van der Waals surface area contributed by atoms with E-state index in [2.05, 4.69) is 34.4 Å². The Morgan fingerprint density at radius 1 is 1.04 bits per heavy atom. The fraction of sp³-hybridized carbons (Fsp3) is 0.211. The van der Waals surface area contributed by atoms with E-state index in [9.17, 15) is 9.59 Å². The van der Waals surface area contributed by atoms with Crippen LogP contribution in [0.2, 0.25) is 0 Å². The lowest BCUT2D eigenvalue weighted by molar-refractivity contribution is -0.114. The molecule has 0 saturated carbocycles. The molecule has 2 aromatic carbocycles. The Morgan fingerprint density at radius 2 is 1.76 bits per heavy atom. The maximum Gasteiger partial charge on any atom is 0.255 e. The molecule has 0 radical (unpaired) electrons. The van der Waals surface area contributed by atoms with Crippen molar-refractivity contribution < 1.29 is 9.59 Å². The standard InChI is InChI=1S/C19H20N4O2/c1-11(2)18-22-16-8-7-13(9-17(16)23-18)19(25)21-15-6-4-5-14(10-15)20-12(3)24/h4-11H,1-3H3,(H,20,24)(H,21,25)(H,22,23). The first-order valence-electron chi connectivity index (χ1n) is 8.11. The van der Waals surface area contributed by atoms with Crippen molar-refractivity contribution in [3.63, 3.8) is 0 Å². The van der Waals surface area contributed by atoms with Gasteiger partial charge in [-0.2, -0.15) is 0 Å². The van der Waals surface area contributed by atoms with Gasteiger partial charge >= 0.3 is 0 Å². The molecular formula is C19H20N4O2. The molecule has 0 saturated heterocycles. The lowest BCUT2D eigenvalue weighted by Gasteiger charge is -2.08. The summed E-state index contributed by atoms with van der Waals surface area (Å²) in [6.45, 7) is 5.57. The van der Waals surface area contributed by atoms with Gasteiger partial charge in [0.15, 0.2) is 0 Å². The van der Waals surface area contributed by atoms with Crippen molar-refractivity contribution in [1.82, 2.24) is 9.97 Å². The van der Waals surface area contributed by atoms with Crippen molar-refractivity contribution in [2.24, 2.45) is 0 Å². The second-order valence-electron chi connectivity index (χ2n) is 6.22. The average molecular weight is 336 g/mol. The molecule has 6 heteroatoms. The zero-order valence-corrected chi connectivity index (χ0v) is 14.4. The van der Waals surface area contributed by atoms with Gasteiger partial charge < -0.3 is 15.6 Å². The lowest BCUT2D eigenvalue weighted by atomic mass is 10.2. The number of carbonyl (C=O) groups excluding carboxylic acids is 2. The summed E-state index contributed by atoms with van der Waals surface area (Å²) < 4.78 is 0. The van der Waals surface area contributed by atoms with E-state index >= 15 is 0 Å². The molecule has 0 aliphatic rings. The van der Waals surface area contributed by atoms with E-state index in [1.54, 1.807) is 36.4 Å². The van der Waals surface area contributed by atoms with Crippen LogP contribution in [-0.2, 0) is 4.79 Å². The number of rotatable bonds is 4. The highest BCUT2D eigenvalue weighted by molar-refractivity contribution is 6.06. The monoisotopic (exact) mass is 336 g/mol. The van der Waals surface area contributed by atoms with E-state index in [1.165, 1.54) is 6.92 Å². The van der Waals surface area contributed by atoms with Gasteiger partial charge in [0.1, 0.15) is 5.82 Å². The number of anilines is 2. The fourth-order valence-corrected chi connectivity index (χ4v) is 2.53. The molecule has 0 spiro atoms. The van der Waals surface area contributed by atoms with Gasteiger partial charge in [-0.1, -0.05) is 19.9 Å². The van der Waals surface area contributed by atoms with Crippen molar-refractivity contribution in [3.8, 4) is 0 Å². The molecular weight excluding hydrogens is 316 g/mol. The third-order valence-corrected chi connectivity index (χ3v) is 3.75. The summed E-state index contributed by atoms with van der Waals surface area (Å²) in [5.41, 5.74) is 3.47. The molecule has 0 atom stereocenters. The highest BCUT2D eigenvalue weighted by atomic mass is 16.2. The Labute approximate surface area is 145 Å². The van der Waals surface area contributed by atoms with Gasteiger partial charge in [0, 0.05) is 29.8 Å². The molecule has 0 aliphatic carbocycles. The van der Waals surface area contributed by atoms with Crippen LogP contribution in [0.5, 0.6) is 0 Å². The summed E-state index contributed by atoms with van der Waals surface area (Å²) >= 11 is 0. The van der Waals surface area contributed by atoms with Gasteiger partial charge in [0.25, 0.3) is 5.91 Å². The van der Waals surface area contributed by atoms with E-state index in [0.29, 0.717) is 22.9 Å². The number of carbonyl (C=O) groups is 2. The molecule has 1 heterocycles. The summed E-state index contributed by atoms with van der Waals surface area (Å²) in [4.78, 5) is 31.4. The van der Waals surface area contributed by atoms with Crippen LogP contribution in [0.25, 0.3) is 11.0 Å². The first kappa shape index (κ1) is 16.7. The lowest BCUT2D eigenvalue weighted by Crippen LogP contribution is -2.12. The third-order valence-electron chi connectivity index (χ3n) is 3.75. The first-order valence-corrected chi connectivity index (χ1v) is 8.11. The summed E-state index contributed by atoms with van der Waals surface area (Å²) in [6.07, 6.45) is 0. The van der Waals surface area contributed by atoms with Gasteiger partial charge in [-0.25, -0.2) is 4.98 Å². The number of nitrogens with one attached hydrogen (secondary N) is 3. The van der Waals surface area contributed by atoms with Crippen molar-refractivity contribution in [1.29, 1.82) is 0 Å². The molecule has 3 N–H and O–H groups in total.